The first kappa shape index (κ1) is 20.8. The van der Waals surface area contributed by atoms with Crippen LogP contribution in [0.5, 0.6) is 0 Å². The van der Waals surface area contributed by atoms with Gasteiger partial charge in [-0.25, -0.2) is 4.39 Å². The van der Waals surface area contributed by atoms with Crippen molar-refractivity contribution < 1.29 is 14.0 Å². The molecular formula is C20H23ClFN3O2S. The van der Waals surface area contributed by atoms with Crippen molar-refractivity contribution in [3.8, 4) is 10.4 Å². The van der Waals surface area contributed by atoms with E-state index >= 15 is 0 Å². The fourth-order valence-electron chi connectivity index (χ4n) is 3.78. The predicted octanol–water partition coefficient (Wildman–Crippen LogP) is 3.01. The number of hydrogen-bond donors (Lipinski definition) is 1. The Morgan fingerprint density at radius 1 is 1.14 bits per heavy atom. The van der Waals surface area contributed by atoms with Gasteiger partial charge in [-0.15, -0.1) is 23.7 Å². The highest BCUT2D eigenvalue weighted by Gasteiger charge is 2.32. The topological polar surface area (TPSA) is 52.7 Å². The zero-order valence-electron chi connectivity index (χ0n) is 15.4. The van der Waals surface area contributed by atoms with Gasteiger partial charge in [0.05, 0.1) is 11.4 Å². The molecule has 1 unspecified atom stereocenters. The molecule has 0 radical (unpaired) electrons. The van der Waals surface area contributed by atoms with E-state index in [4.69, 9.17) is 0 Å². The fourth-order valence-corrected chi connectivity index (χ4v) is 4.76. The smallest absolute Gasteiger partial charge is 0.264 e. The number of amides is 2. The molecule has 2 amide bonds. The molecule has 2 aromatic rings. The summed E-state index contributed by atoms with van der Waals surface area (Å²) in [6, 6.07) is 10.2. The van der Waals surface area contributed by atoms with E-state index in [2.05, 4.69) is 5.32 Å². The van der Waals surface area contributed by atoms with E-state index in [1.807, 2.05) is 21.9 Å². The summed E-state index contributed by atoms with van der Waals surface area (Å²) in [4.78, 5) is 30.5. The number of piperidine rings is 1. The van der Waals surface area contributed by atoms with Crippen LogP contribution in [0, 0.1) is 5.82 Å². The summed E-state index contributed by atoms with van der Waals surface area (Å²) in [5.74, 6) is -0.135. The van der Waals surface area contributed by atoms with Crippen molar-refractivity contribution in [2.45, 2.75) is 18.9 Å². The van der Waals surface area contributed by atoms with Crippen LogP contribution < -0.4 is 5.32 Å². The Bertz CT molecular complexity index is 842. The molecule has 1 aromatic carbocycles. The number of hydrogen-bond acceptors (Lipinski definition) is 4. The molecule has 150 valence electrons. The largest absolute Gasteiger partial charge is 0.336 e. The summed E-state index contributed by atoms with van der Waals surface area (Å²) in [7, 11) is 0. The Balaban J connectivity index is 0.00000225. The Hall–Kier alpha value is -1.96. The molecular weight excluding hydrogens is 401 g/mol. The van der Waals surface area contributed by atoms with Crippen molar-refractivity contribution in [3.63, 3.8) is 0 Å². The first-order chi connectivity index (χ1) is 13.1. The van der Waals surface area contributed by atoms with Crippen molar-refractivity contribution in [1.82, 2.24) is 15.1 Å². The van der Waals surface area contributed by atoms with E-state index in [0.717, 1.165) is 36.4 Å². The molecule has 5 nitrogen and oxygen atoms in total. The quantitative estimate of drug-likeness (QED) is 0.825. The van der Waals surface area contributed by atoms with Gasteiger partial charge in [-0.05, 0) is 42.7 Å². The van der Waals surface area contributed by atoms with Gasteiger partial charge in [0.1, 0.15) is 5.82 Å². The van der Waals surface area contributed by atoms with E-state index in [-0.39, 0.29) is 36.1 Å². The maximum Gasteiger partial charge on any atom is 0.264 e. The van der Waals surface area contributed by atoms with Gasteiger partial charge in [-0.2, -0.15) is 0 Å². The molecule has 2 aliphatic heterocycles. The number of halogens is 2. The highest BCUT2D eigenvalue weighted by Crippen LogP contribution is 2.30. The SMILES string of the molecule is Cl.O=C(c1ccc(-c2ccc(F)cc2)s1)N1CCCC(N2CCNCC2=O)C1. The Morgan fingerprint density at radius 2 is 1.93 bits per heavy atom. The van der Waals surface area contributed by atoms with Crippen LogP contribution in [0.4, 0.5) is 4.39 Å². The number of piperazine rings is 1. The zero-order valence-corrected chi connectivity index (χ0v) is 17.0. The normalized spacial score (nSPS) is 20.0. The van der Waals surface area contributed by atoms with Gasteiger partial charge in [-0.3, -0.25) is 9.59 Å². The van der Waals surface area contributed by atoms with Crippen molar-refractivity contribution in [1.29, 1.82) is 0 Å². The molecule has 1 atom stereocenters. The first-order valence-electron chi connectivity index (χ1n) is 9.27. The molecule has 2 fully saturated rings. The molecule has 0 aliphatic carbocycles. The lowest BCUT2D eigenvalue weighted by atomic mass is 10.0. The van der Waals surface area contributed by atoms with Crippen molar-refractivity contribution >= 4 is 35.6 Å². The Morgan fingerprint density at radius 3 is 2.68 bits per heavy atom. The van der Waals surface area contributed by atoms with Crippen LogP contribution in [-0.2, 0) is 4.79 Å². The van der Waals surface area contributed by atoms with E-state index in [9.17, 15) is 14.0 Å². The summed E-state index contributed by atoms with van der Waals surface area (Å²) in [6.07, 6.45) is 1.85. The number of nitrogens with zero attached hydrogens (tertiary/aromatic N) is 2. The minimum atomic E-state index is -0.270. The van der Waals surface area contributed by atoms with Crippen LogP contribution in [0.25, 0.3) is 10.4 Å². The number of carbonyl (C=O) groups is 2. The van der Waals surface area contributed by atoms with Gasteiger partial charge in [0.15, 0.2) is 0 Å². The highest BCUT2D eigenvalue weighted by atomic mass is 35.5. The molecule has 1 aromatic heterocycles. The molecule has 0 spiro atoms. The standard InChI is InChI=1S/C20H22FN3O2S.ClH/c21-15-5-3-14(4-6-15)17-7-8-18(27-17)20(26)23-10-1-2-16(13-23)24-11-9-22-12-19(24)25;/h3-8,16,22H,1-2,9-13H2;1H. The van der Waals surface area contributed by atoms with Crippen molar-refractivity contribution in [3.05, 3.63) is 47.1 Å². The first-order valence-corrected chi connectivity index (χ1v) is 10.1. The third-order valence-electron chi connectivity index (χ3n) is 5.20. The monoisotopic (exact) mass is 423 g/mol. The van der Waals surface area contributed by atoms with Gasteiger partial charge >= 0.3 is 0 Å². The van der Waals surface area contributed by atoms with Crippen LogP contribution in [0.15, 0.2) is 36.4 Å². The third-order valence-corrected chi connectivity index (χ3v) is 6.32. The minimum absolute atomic E-state index is 0. The highest BCUT2D eigenvalue weighted by molar-refractivity contribution is 7.17. The summed E-state index contributed by atoms with van der Waals surface area (Å²) >= 11 is 1.43. The number of carbonyl (C=O) groups excluding carboxylic acids is 2. The van der Waals surface area contributed by atoms with Crippen LogP contribution in [0.2, 0.25) is 0 Å². The van der Waals surface area contributed by atoms with Crippen molar-refractivity contribution in [2.75, 3.05) is 32.7 Å². The lowest BCUT2D eigenvalue weighted by Crippen LogP contribution is -2.57. The Kier molecular flexibility index (Phi) is 6.69. The molecule has 0 bridgehead atoms. The van der Waals surface area contributed by atoms with Gasteiger partial charge < -0.3 is 15.1 Å². The van der Waals surface area contributed by atoms with Crippen LogP contribution in [0.1, 0.15) is 22.5 Å². The molecule has 2 aliphatic rings. The summed E-state index contributed by atoms with van der Waals surface area (Å²) < 4.78 is 13.1. The second-order valence-corrected chi connectivity index (χ2v) is 8.07. The average Bonchev–Trinajstić information content (AvgIpc) is 3.18. The van der Waals surface area contributed by atoms with E-state index in [1.165, 1.54) is 23.5 Å². The number of rotatable bonds is 3. The zero-order chi connectivity index (χ0) is 18.8. The molecule has 0 saturated carbocycles. The average molecular weight is 424 g/mol. The summed E-state index contributed by atoms with van der Waals surface area (Å²) in [5.41, 5.74) is 0.906. The maximum absolute atomic E-state index is 13.1. The Labute approximate surface area is 173 Å². The molecule has 4 rings (SSSR count). The lowest BCUT2D eigenvalue weighted by molar-refractivity contribution is -0.135. The lowest BCUT2D eigenvalue weighted by Gasteiger charge is -2.41. The number of nitrogens with one attached hydrogen (secondary N) is 1. The molecule has 3 heterocycles. The number of likely N-dealkylation sites (tertiary alicyclic amines) is 1. The van der Waals surface area contributed by atoms with Gasteiger partial charge in [-0.1, -0.05) is 12.1 Å². The fraction of sp³-hybridized carbons (Fsp3) is 0.400. The van der Waals surface area contributed by atoms with Crippen LogP contribution in [-0.4, -0.2) is 60.4 Å². The minimum Gasteiger partial charge on any atom is -0.336 e. The van der Waals surface area contributed by atoms with Gasteiger partial charge in [0.2, 0.25) is 5.91 Å². The van der Waals surface area contributed by atoms with Gasteiger partial charge in [0.25, 0.3) is 5.91 Å². The molecule has 8 heteroatoms. The maximum atomic E-state index is 13.1. The van der Waals surface area contributed by atoms with E-state index < -0.39 is 0 Å². The van der Waals surface area contributed by atoms with E-state index in [1.54, 1.807) is 12.1 Å². The van der Waals surface area contributed by atoms with Crippen LogP contribution in [0.3, 0.4) is 0 Å². The molecule has 28 heavy (non-hydrogen) atoms. The van der Waals surface area contributed by atoms with Crippen molar-refractivity contribution in [2.24, 2.45) is 0 Å². The second-order valence-electron chi connectivity index (χ2n) is 6.98. The number of benzene rings is 1. The number of thiophene rings is 1. The molecule has 2 saturated heterocycles. The van der Waals surface area contributed by atoms with E-state index in [0.29, 0.717) is 24.5 Å². The summed E-state index contributed by atoms with van der Waals surface area (Å²) in [5, 5.41) is 3.09. The van der Waals surface area contributed by atoms with Gasteiger partial charge in [0, 0.05) is 37.1 Å². The second kappa shape index (κ2) is 9.03. The summed E-state index contributed by atoms with van der Waals surface area (Å²) in [6.45, 7) is 3.21. The third kappa shape index (κ3) is 4.37. The van der Waals surface area contributed by atoms with Crippen LogP contribution >= 0.6 is 23.7 Å². The molecule has 1 N–H and O–H groups in total. The predicted molar refractivity (Wildman–Crippen MR) is 110 cm³/mol.